The molecule has 2 aromatic carbocycles. The third-order valence-corrected chi connectivity index (χ3v) is 3.05. The van der Waals surface area contributed by atoms with E-state index in [-0.39, 0.29) is 5.43 Å². The van der Waals surface area contributed by atoms with Crippen LogP contribution in [-0.2, 0) is 0 Å². The first-order valence-corrected chi connectivity index (χ1v) is 5.83. The van der Waals surface area contributed by atoms with Crippen LogP contribution in [0.4, 0.5) is 0 Å². The van der Waals surface area contributed by atoms with E-state index in [1.165, 1.54) is 17.9 Å². The van der Waals surface area contributed by atoms with Gasteiger partial charge >= 0.3 is 0 Å². The third-order valence-electron chi connectivity index (χ3n) is 3.05. The first-order valence-electron chi connectivity index (χ1n) is 5.83. The molecule has 0 saturated carbocycles. The van der Waals surface area contributed by atoms with E-state index in [0.29, 0.717) is 11.0 Å². The highest BCUT2D eigenvalue weighted by atomic mass is 16.3. The molecule has 0 aliphatic rings. The second kappa shape index (κ2) is 4.15. The van der Waals surface area contributed by atoms with E-state index in [1.54, 1.807) is 0 Å². The summed E-state index contributed by atoms with van der Waals surface area (Å²) in [5.41, 5.74) is 4.02. The molecule has 0 saturated heterocycles. The summed E-state index contributed by atoms with van der Waals surface area (Å²) in [7, 11) is 0. The lowest BCUT2D eigenvalue weighted by Crippen LogP contribution is -1.97. The Labute approximate surface area is 105 Å². The Hall–Kier alpha value is -2.35. The predicted molar refractivity (Wildman–Crippen MR) is 72.7 cm³/mol. The number of aryl methyl sites for hydroxylation is 1. The van der Waals surface area contributed by atoms with Gasteiger partial charge in [0.1, 0.15) is 5.58 Å². The van der Waals surface area contributed by atoms with Gasteiger partial charge in [-0.15, -0.1) is 0 Å². The average molecular weight is 236 g/mol. The lowest BCUT2D eigenvalue weighted by atomic mass is 10.0. The van der Waals surface area contributed by atoms with Gasteiger partial charge in [0.25, 0.3) is 0 Å². The van der Waals surface area contributed by atoms with E-state index in [1.807, 2.05) is 18.2 Å². The van der Waals surface area contributed by atoms with Gasteiger partial charge in [0, 0.05) is 6.07 Å². The number of hydrogen-bond donors (Lipinski definition) is 0. The maximum atomic E-state index is 11.6. The summed E-state index contributed by atoms with van der Waals surface area (Å²) in [6.07, 6.45) is 1.43. The predicted octanol–water partition coefficient (Wildman–Crippen LogP) is 3.77. The van der Waals surface area contributed by atoms with Crippen LogP contribution >= 0.6 is 0 Å². The molecule has 0 amide bonds. The van der Waals surface area contributed by atoms with Crippen LogP contribution in [0.1, 0.15) is 5.56 Å². The molecule has 3 aromatic rings. The molecule has 0 radical (unpaired) electrons. The topological polar surface area (TPSA) is 30.2 Å². The number of hydrogen-bond acceptors (Lipinski definition) is 2. The molecule has 88 valence electrons. The van der Waals surface area contributed by atoms with E-state index in [9.17, 15) is 4.79 Å². The van der Waals surface area contributed by atoms with Crippen LogP contribution in [0.15, 0.2) is 64.0 Å². The van der Waals surface area contributed by atoms with Gasteiger partial charge in [0.05, 0.1) is 11.6 Å². The van der Waals surface area contributed by atoms with Crippen molar-refractivity contribution in [1.82, 2.24) is 0 Å². The molecule has 1 heterocycles. The van der Waals surface area contributed by atoms with Crippen molar-refractivity contribution in [3.63, 3.8) is 0 Å². The van der Waals surface area contributed by atoms with Gasteiger partial charge in [-0.05, 0) is 30.2 Å². The van der Waals surface area contributed by atoms with Crippen LogP contribution < -0.4 is 5.43 Å². The van der Waals surface area contributed by atoms with Gasteiger partial charge in [0.2, 0.25) is 0 Å². The van der Waals surface area contributed by atoms with Gasteiger partial charge in [0.15, 0.2) is 5.43 Å². The molecule has 3 rings (SSSR count). The maximum absolute atomic E-state index is 11.6. The lowest BCUT2D eigenvalue weighted by molar-refractivity contribution is 0.603. The first kappa shape index (κ1) is 10.8. The Morgan fingerprint density at radius 2 is 1.61 bits per heavy atom. The van der Waals surface area contributed by atoms with Gasteiger partial charge in [-0.2, -0.15) is 0 Å². The van der Waals surface area contributed by atoms with E-state index < -0.39 is 0 Å². The largest absolute Gasteiger partial charge is 0.464 e. The van der Waals surface area contributed by atoms with Crippen molar-refractivity contribution in [1.29, 1.82) is 0 Å². The molecule has 0 N–H and O–H groups in total. The highest BCUT2D eigenvalue weighted by Gasteiger charge is 2.03. The Balaban J connectivity index is 2.19. The fourth-order valence-corrected chi connectivity index (χ4v) is 2.01. The summed E-state index contributed by atoms with van der Waals surface area (Å²) in [5.74, 6) is 0. The van der Waals surface area contributed by atoms with Gasteiger partial charge in [-0.1, -0.05) is 35.9 Å². The fraction of sp³-hybridized carbons (Fsp3) is 0.0625. The molecule has 0 unspecified atom stereocenters. The fourth-order valence-electron chi connectivity index (χ4n) is 2.01. The van der Waals surface area contributed by atoms with Crippen LogP contribution in [0.5, 0.6) is 0 Å². The lowest BCUT2D eigenvalue weighted by Gasteiger charge is -2.03. The highest BCUT2D eigenvalue weighted by Crippen LogP contribution is 2.23. The number of benzene rings is 2. The van der Waals surface area contributed by atoms with Crippen molar-refractivity contribution in [3.8, 4) is 11.1 Å². The Morgan fingerprint density at radius 1 is 0.889 bits per heavy atom. The van der Waals surface area contributed by atoms with Crippen molar-refractivity contribution in [3.05, 3.63) is 70.6 Å². The highest BCUT2D eigenvalue weighted by molar-refractivity contribution is 5.82. The molecule has 2 heteroatoms. The minimum absolute atomic E-state index is 0.00768. The molecular formula is C16H12O2. The average Bonchev–Trinajstić information content (AvgIpc) is 2.39. The zero-order valence-corrected chi connectivity index (χ0v) is 10.0. The normalized spacial score (nSPS) is 10.7. The van der Waals surface area contributed by atoms with Gasteiger partial charge in [-0.3, -0.25) is 4.79 Å². The molecule has 18 heavy (non-hydrogen) atoms. The van der Waals surface area contributed by atoms with Crippen molar-refractivity contribution < 1.29 is 4.42 Å². The molecule has 0 bridgehead atoms. The van der Waals surface area contributed by atoms with Crippen LogP contribution in [0.3, 0.4) is 0 Å². The zero-order valence-electron chi connectivity index (χ0n) is 10.0. The standard InChI is InChI=1S/C16H12O2/c1-11-2-4-12(5-3-11)13-6-7-14-15(17)8-9-18-16(14)10-13/h2-10H,1H3. The monoisotopic (exact) mass is 236 g/mol. The van der Waals surface area contributed by atoms with Crippen molar-refractivity contribution in [2.75, 3.05) is 0 Å². The Kier molecular flexibility index (Phi) is 2.49. The zero-order chi connectivity index (χ0) is 12.5. The summed E-state index contributed by atoms with van der Waals surface area (Å²) >= 11 is 0. The number of fused-ring (bicyclic) bond motifs is 1. The van der Waals surface area contributed by atoms with E-state index in [0.717, 1.165) is 11.1 Å². The van der Waals surface area contributed by atoms with Crippen molar-refractivity contribution >= 4 is 11.0 Å². The summed E-state index contributed by atoms with van der Waals surface area (Å²) in [6, 6.07) is 15.4. The second-order valence-electron chi connectivity index (χ2n) is 4.36. The van der Waals surface area contributed by atoms with Crippen LogP contribution in [-0.4, -0.2) is 0 Å². The minimum Gasteiger partial charge on any atom is -0.464 e. The Morgan fingerprint density at radius 3 is 2.39 bits per heavy atom. The van der Waals surface area contributed by atoms with Crippen LogP contribution in [0, 0.1) is 6.92 Å². The third kappa shape index (κ3) is 1.82. The summed E-state index contributed by atoms with van der Waals surface area (Å²) in [6.45, 7) is 2.06. The van der Waals surface area contributed by atoms with E-state index in [4.69, 9.17) is 4.42 Å². The van der Waals surface area contributed by atoms with Gasteiger partial charge < -0.3 is 4.42 Å². The van der Waals surface area contributed by atoms with Crippen LogP contribution in [0.2, 0.25) is 0 Å². The summed E-state index contributed by atoms with van der Waals surface area (Å²) in [4.78, 5) is 11.6. The first-order chi connectivity index (χ1) is 8.74. The summed E-state index contributed by atoms with van der Waals surface area (Å²) in [5, 5.41) is 0.619. The minimum atomic E-state index is -0.00768. The maximum Gasteiger partial charge on any atom is 0.192 e. The molecule has 1 aromatic heterocycles. The van der Waals surface area contributed by atoms with Crippen molar-refractivity contribution in [2.24, 2.45) is 0 Å². The quantitative estimate of drug-likeness (QED) is 0.643. The molecule has 2 nitrogen and oxygen atoms in total. The molecule has 0 aliphatic heterocycles. The number of rotatable bonds is 1. The Bertz CT molecular complexity index is 752. The molecule has 0 spiro atoms. The SMILES string of the molecule is Cc1ccc(-c2ccc3c(=O)ccoc3c2)cc1. The molecule has 0 atom stereocenters. The van der Waals surface area contributed by atoms with E-state index >= 15 is 0 Å². The van der Waals surface area contributed by atoms with Crippen LogP contribution in [0.25, 0.3) is 22.1 Å². The van der Waals surface area contributed by atoms with Crippen molar-refractivity contribution in [2.45, 2.75) is 6.92 Å². The van der Waals surface area contributed by atoms with E-state index in [2.05, 4.69) is 31.2 Å². The van der Waals surface area contributed by atoms with Gasteiger partial charge in [-0.25, -0.2) is 0 Å². The smallest absolute Gasteiger partial charge is 0.192 e. The molecular weight excluding hydrogens is 224 g/mol. The molecule has 0 fully saturated rings. The molecule has 0 aliphatic carbocycles. The summed E-state index contributed by atoms with van der Waals surface area (Å²) < 4.78 is 5.38. The second-order valence-corrected chi connectivity index (χ2v) is 4.36.